The summed E-state index contributed by atoms with van der Waals surface area (Å²) in [5.41, 5.74) is 0.294. The second-order valence-electron chi connectivity index (χ2n) is 2.35. The second-order valence-corrected chi connectivity index (χ2v) is 2.35. The zero-order valence-electron chi connectivity index (χ0n) is 6.93. The molecular formula is C8H5N3O3. The smallest absolute Gasteiger partial charge is 0.328 e. The highest BCUT2D eigenvalue weighted by atomic mass is 16.6. The topological polar surface area (TPSA) is 76.6 Å². The van der Waals surface area contributed by atoms with Crippen LogP contribution < -0.4 is 5.32 Å². The molecule has 6 heteroatoms. The number of amides is 2. The Balaban J connectivity index is 2.80. The maximum Gasteiger partial charge on any atom is 0.441 e. The molecule has 1 aromatic rings. The van der Waals surface area contributed by atoms with Crippen molar-refractivity contribution in [3.05, 3.63) is 45.8 Å². The Hall–Kier alpha value is -2.42. The average molecular weight is 191 g/mol. The Morgan fingerprint density at radius 3 is 2.43 bits per heavy atom. The van der Waals surface area contributed by atoms with Gasteiger partial charge in [0.2, 0.25) is 0 Å². The van der Waals surface area contributed by atoms with Gasteiger partial charge in [-0.15, -0.1) is 0 Å². The van der Waals surface area contributed by atoms with Gasteiger partial charge in [-0.3, -0.25) is 20.2 Å². The van der Waals surface area contributed by atoms with E-state index in [1.807, 2.05) is 0 Å². The first kappa shape index (κ1) is 9.67. The highest BCUT2D eigenvalue weighted by Crippen LogP contribution is 2.15. The van der Waals surface area contributed by atoms with E-state index in [4.69, 9.17) is 6.57 Å². The van der Waals surface area contributed by atoms with Crippen LogP contribution in [0.1, 0.15) is 0 Å². The van der Waals surface area contributed by atoms with Crippen LogP contribution in [0.2, 0.25) is 0 Å². The van der Waals surface area contributed by atoms with Crippen molar-refractivity contribution in [2.45, 2.75) is 0 Å². The predicted octanol–water partition coefficient (Wildman–Crippen LogP) is 2.05. The summed E-state index contributed by atoms with van der Waals surface area (Å²) in [5, 5.41) is 12.5. The van der Waals surface area contributed by atoms with Gasteiger partial charge in [-0.05, 0) is 12.1 Å². The van der Waals surface area contributed by atoms with Gasteiger partial charge in [0.05, 0.1) is 4.92 Å². The maximum atomic E-state index is 10.6. The standard InChI is InChI=1S/C8H5N3O3/c1-9-8(12)10-6-2-4-7(5-3-6)11(13)14/h2-5H,(H,10,12). The molecule has 0 saturated carbocycles. The van der Waals surface area contributed by atoms with Crippen molar-refractivity contribution in [2.24, 2.45) is 0 Å². The summed E-state index contributed by atoms with van der Waals surface area (Å²) in [6.45, 7) is 6.37. The zero-order chi connectivity index (χ0) is 10.6. The third-order valence-corrected chi connectivity index (χ3v) is 1.43. The van der Waals surface area contributed by atoms with E-state index in [2.05, 4.69) is 10.2 Å². The van der Waals surface area contributed by atoms with Crippen LogP contribution in [0.5, 0.6) is 0 Å². The molecule has 0 saturated heterocycles. The molecule has 0 aromatic heterocycles. The van der Waals surface area contributed by atoms with E-state index in [-0.39, 0.29) is 5.69 Å². The third kappa shape index (κ3) is 2.28. The minimum absolute atomic E-state index is 0.0641. The number of hydrogen-bond acceptors (Lipinski definition) is 3. The van der Waals surface area contributed by atoms with Gasteiger partial charge < -0.3 is 4.85 Å². The summed E-state index contributed by atoms with van der Waals surface area (Å²) in [4.78, 5) is 22.9. The van der Waals surface area contributed by atoms with Gasteiger partial charge in [0.1, 0.15) is 5.69 Å². The van der Waals surface area contributed by atoms with E-state index in [9.17, 15) is 14.9 Å². The molecule has 0 atom stereocenters. The van der Waals surface area contributed by atoms with Crippen molar-refractivity contribution in [2.75, 3.05) is 5.32 Å². The fourth-order valence-corrected chi connectivity index (χ4v) is 0.818. The zero-order valence-corrected chi connectivity index (χ0v) is 6.93. The number of carbonyl (C=O) groups is 1. The van der Waals surface area contributed by atoms with Gasteiger partial charge in [-0.25, -0.2) is 0 Å². The summed E-state index contributed by atoms with van der Waals surface area (Å²) in [7, 11) is 0. The van der Waals surface area contributed by atoms with E-state index in [1.165, 1.54) is 24.3 Å². The molecular weight excluding hydrogens is 186 g/mol. The number of rotatable bonds is 2. The molecule has 1 N–H and O–H groups in total. The Morgan fingerprint density at radius 1 is 1.43 bits per heavy atom. The predicted molar refractivity (Wildman–Crippen MR) is 48.7 cm³/mol. The van der Waals surface area contributed by atoms with Crippen molar-refractivity contribution < 1.29 is 9.72 Å². The number of hydrogen-bond donors (Lipinski definition) is 1. The Kier molecular flexibility index (Phi) is 2.76. The normalized spacial score (nSPS) is 8.79. The van der Waals surface area contributed by atoms with E-state index < -0.39 is 11.0 Å². The van der Waals surface area contributed by atoms with Crippen molar-refractivity contribution in [3.8, 4) is 0 Å². The lowest BCUT2D eigenvalue weighted by atomic mass is 10.3. The van der Waals surface area contributed by atoms with Gasteiger partial charge in [0.15, 0.2) is 0 Å². The highest BCUT2D eigenvalue weighted by molar-refractivity contribution is 5.96. The van der Waals surface area contributed by atoms with Gasteiger partial charge in [0.25, 0.3) is 5.69 Å². The second kappa shape index (κ2) is 4.00. The number of anilines is 1. The fourth-order valence-electron chi connectivity index (χ4n) is 0.818. The number of nitro benzene ring substituents is 1. The molecule has 0 unspecified atom stereocenters. The number of urea groups is 1. The number of nitrogens with zero attached hydrogens (tertiary/aromatic N) is 2. The number of carbonyl (C=O) groups excluding carboxylic acids is 1. The molecule has 0 aliphatic heterocycles. The molecule has 0 aliphatic carbocycles. The number of benzene rings is 1. The van der Waals surface area contributed by atoms with E-state index in [0.29, 0.717) is 5.69 Å². The molecule has 2 amide bonds. The lowest BCUT2D eigenvalue weighted by Crippen LogP contribution is -2.03. The average Bonchev–Trinajstić information content (AvgIpc) is 2.18. The first-order valence-electron chi connectivity index (χ1n) is 3.56. The van der Waals surface area contributed by atoms with E-state index in [1.54, 1.807) is 0 Å². The minimum atomic E-state index is -0.821. The Labute approximate surface area is 79.1 Å². The maximum absolute atomic E-state index is 10.6. The Bertz CT molecular complexity index is 405. The van der Waals surface area contributed by atoms with Gasteiger partial charge in [-0.2, -0.15) is 0 Å². The summed E-state index contributed by atoms with van der Waals surface area (Å²) in [6.07, 6.45) is 0. The van der Waals surface area contributed by atoms with Crippen molar-refractivity contribution in [1.82, 2.24) is 0 Å². The van der Waals surface area contributed by atoms with E-state index >= 15 is 0 Å². The van der Waals surface area contributed by atoms with Crippen molar-refractivity contribution >= 4 is 17.4 Å². The molecule has 0 radical (unpaired) electrons. The third-order valence-electron chi connectivity index (χ3n) is 1.43. The highest BCUT2D eigenvalue weighted by Gasteiger charge is 2.06. The number of nitro groups is 1. The molecule has 0 fully saturated rings. The SMILES string of the molecule is [C-]#[N+]C(=O)Nc1ccc([N+](=O)[O-])cc1. The summed E-state index contributed by atoms with van der Waals surface area (Å²) in [5.74, 6) is 0. The van der Waals surface area contributed by atoms with Gasteiger partial charge in [0, 0.05) is 12.1 Å². The minimum Gasteiger partial charge on any atom is -0.328 e. The molecule has 0 bridgehead atoms. The van der Waals surface area contributed by atoms with Crippen LogP contribution in [0.3, 0.4) is 0 Å². The number of non-ortho nitro benzene ring substituents is 1. The molecule has 0 aliphatic rings. The van der Waals surface area contributed by atoms with Crippen molar-refractivity contribution in [1.29, 1.82) is 0 Å². The molecule has 14 heavy (non-hydrogen) atoms. The van der Waals surface area contributed by atoms with Gasteiger partial charge in [-0.1, -0.05) is 6.57 Å². The summed E-state index contributed by atoms with van der Waals surface area (Å²) >= 11 is 0. The molecule has 6 nitrogen and oxygen atoms in total. The summed E-state index contributed by atoms with van der Waals surface area (Å²) in [6, 6.07) is 4.40. The molecule has 1 aromatic carbocycles. The van der Waals surface area contributed by atoms with Crippen LogP contribution in [0.25, 0.3) is 4.85 Å². The van der Waals surface area contributed by atoms with E-state index in [0.717, 1.165) is 0 Å². The fraction of sp³-hybridized carbons (Fsp3) is 0. The van der Waals surface area contributed by atoms with Gasteiger partial charge >= 0.3 is 6.03 Å². The first-order chi connectivity index (χ1) is 6.63. The Morgan fingerprint density at radius 2 is 2.00 bits per heavy atom. The first-order valence-corrected chi connectivity index (χ1v) is 3.56. The molecule has 70 valence electrons. The van der Waals surface area contributed by atoms with Crippen LogP contribution in [0, 0.1) is 16.7 Å². The van der Waals surface area contributed by atoms with Crippen molar-refractivity contribution in [3.63, 3.8) is 0 Å². The monoisotopic (exact) mass is 191 g/mol. The molecule has 1 rings (SSSR count). The largest absolute Gasteiger partial charge is 0.441 e. The summed E-state index contributed by atoms with van der Waals surface area (Å²) < 4.78 is 0. The van der Waals surface area contributed by atoms with Crippen LogP contribution in [-0.4, -0.2) is 11.0 Å². The molecule has 0 heterocycles. The molecule has 0 spiro atoms. The number of nitrogens with one attached hydrogen (secondary N) is 1. The quantitative estimate of drug-likeness (QED) is 0.441. The van der Waals surface area contributed by atoms with Crippen LogP contribution in [0.15, 0.2) is 24.3 Å². The lowest BCUT2D eigenvalue weighted by Gasteiger charge is -1.96. The lowest BCUT2D eigenvalue weighted by molar-refractivity contribution is -0.384. The van der Waals surface area contributed by atoms with Crippen LogP contribution >= 0.6 is 0 Å². The van der Waals surface area contributed by atoms with Crippen LogP contribution in [0.4, 0.5) is 16.2 Å². The van der Waals surface area contributed by atoms with Crippen LogP contribution in [-0.2, 0) is 0 Å².